The summed E-state index contributed by atoms with van der Waals surface area (Å²) in [4.78, 5) is 9.19. The lowest BCUT2D eigenvalue weighted by Crippen LogP contribution is -2.32. The van der Waals surface area contributed by atoms with Crippen LogP contribution in [0.5, 0.6) is 0 Å². The number of aryl methyl sites for hydroxylation is 1. The van der Waals surface area contributed by atoms with Crippen molar-refractivity contribution < 1.29 is 4.74 Å². The highest BCUT2D eigenvalue weighted by Gasteiger charge is 2.33. The first-order chi connectivity index (χ1) is 8.57. The summed E-state index contributed by atoms with van der Waals surface area (Å²) in [7, 11) is 1.95. The highest BCUT2D eigenvalue weighted by Crippen LogP contribution is 2.32. The van der Waals surface area contributed by atoms with Crippen molar-refractivity contribution in [3.63, 3.8) is 0 Å². The van der Waals surface area contributed by atoms with Crippen LogP contribution in [0.25, 0.3) is 0 Å². The summed E-state index contributed by atoms with van der Waals surface area (Å²) < 4.78 is 5.89. The fraction of sp³-hybridized carbons (Fsp3) is 0.714. The third-order valence-corrected chi connectivity index (χ3v) is 3.86. The van der Waals surface area contributed by atoms with Crippen LogP contribution in [0.15, 0.2) is 6.20 Å². The van der Waals surface area contributed by atoms with Gasteiger partial charge in [0.05, 0.1) is 0 Å². The Hall–Kier alpha value is -1.00. The van der Waals surface area contributed by atoms with Crippen molar-refractivity contribution in [1.29, 1.82) is 0 Å². The minimum Gasteiger partial charge on any atom is -0.367 e. The van der Waals surface area contributed by atoms with Crippen molar-refractivity contribution in [3.8, 4) is 0 Å². The van der Waals surface area contributed by atoms with Crippen LogP contribution in [0.4, 0.5) is 0 Å². The minimum absolute atomic E-state index is 0.277. The maximum atomic E-state index is 5.89. The van der Waals surface area contributed by atoms with Gasteiger partial charge in [-0.15, -0.1) is 0 Å². The molecular weight excluding hydrogens is 226 g/mol. The SMILES string of the molecule is CNC(C)c1cnc(C2(C)CCCCO2)nc1C. The van der Waals surface area contributed by atoms with Gasteiger partial charge in [-0.25, -0.2) is 9.97 Å². The number of nitrogens with zero attached hydrogens (tertiary/aromatic N) is 2. The van der Waals surface area contributed by atoms with Gasteiger partial charge in [0.25, 0.3) is 0 Å². The summed E-state index contributed by atoms with van der Waals surface area (Å²) in [6.45, 7) is 7.07. The van der Waals surface area contributed by atoms with Crippen molar-refractivity contribution in [2.45, 2.75) is 51.7 Å². The van der Waals surface area contributed by atoms with Gasteiger partial charge >= 0.3 is 0 Å². The summed E-state index contributed by atoms with van der Waals surface area (Å²) >= 11 is 0. The standard InChI is InChI=1S/C14H23N3O/c1-10(15-4)12-9-16-13(17-11(12)2)14(3)7-5-6-8-18-14/h9-10,15H,5-8H2,1-4H3. The zero-order chi connectivity index (χ0) is 13.2. The van der Waals surface area contributed by atoms with E-state index in [0.29, 0.717) is 0 Å². The molecule has 0 amide bonds. The van der Waals surface area contributed by atoms with E-state index in [1.807, 2.05) is 20.2 Å². The molecule has 1 N–H and O–H groups in total. The van der Waals surface area contributed by atoms with Crippen LogP contribution < -0.4 is 5.32 Å². The number of ether oxygens (including phenoxy) is 1. The average molecular weight is 249 g/mol. The van der Waals surface area contributed by atoms with E-state index in [-0.39, 0.29) is 11.6 Å². The molecule has 18 heavy (non-hydrogen) atoms. The Morgan fingerprint density at radius 1 is 1.44 bits per heavy atom. The van der Waals surface area contributed by atoms with Gasteiger partial charge in [0.1, 0.15) is 5.60 Å². The van der Waals surface area contributed by atoms with Crippen molar-refractivity contribution in [2.75, 3.05) is 13.7 Å². The molecule has 4 heteroatoms. The third kappa shape index (κ3) is 2.54. The summed E-state index contributed by atoms with van der Waals surface area (Å²) in [5, 5.41) is 3.22. The van der Waals surface area contributed by atoms with Gasteiger partial charge in [0.2, 0.25) is 0 Å². The largest absolute Gasteiger partial charge is 0.367 e. The van der Waals surface area contributed by atoms with Gasteiger partial charge in [-0.2, -0.15) is 0 Å². The van der Waals surface area contributed by atoms with Crippen LogP contribution in [-0.4, -0.2) is 23.6 Å². The van der Waals surface area contributed by atoms with Crippen molar-refractivity contribution in [3.05, 3.63) is 23.3 Å². The molecule has 2 heterocycles. The molecule has 2 rings (SSSR count). The molecule has 100 valence electrons. The molecule has 0 radical (unpaired) electrons. The van der Waals surface area contributed by atoms with Gasteiger partial charge in [-0.05, 0) is 47.1 Å². The maximum Gasteiger partial charge on any atom is 0.160 e. The quantitative estimate of drug-likeness (QED) is 0.894. The van der Waals surface area contributed by atoms with E-state index in [4.69, 9.17) is 4.74 Å². The van der Waals surface area contributed by atoms with Crippen LogP contribution >= 0.6 is 0 Å². The first-order valence-corrected chi connectivity index (χ1v) is 6.72. The van der Waals surface area contributed by atoms with Crippen LogP contribution in [0.1, 0.15) is 56.2 Å². The van der Waals surface area contributed by atoms with Crippen molar-refractivity contribution in [1.82, 2.24) is 15.3 Å². The summed E-state index contributed by atoms with van der Waals surface area (Å²) in [6, 6.07) is 0.277. The van der Waals surface area contributed by atoms with Gasteiger partial charge < -0.3 is 10.1 Å². The fourth-order valence-corrected chi connectivity index (χ4v) is 2.42. The van der Waals surface area contributed by atoms with Gasteiger partial charge in [-0.3, -0.25) is 0 Å². The van der Waals surface area contributed by atoms with Gasteiger partial charge in [0, 0.05) is 30.1 Å². The first-order valence-electron chi connectivity index (χ1n) is 6.72. The van der Waals surface area contributed by atoms with Crippen LogP contribution in [0.3, 0.4) is 0 Å². The molecule has 0 saturated carbocycles. The molecular formula is C14H23N3O. The molecule has 1 aliphatic rings. The molecule has 4 nitrogen and oxygen atoms in total. The van der Waals surface area contributed by atoms with E-state index >= 15 is 0 Å². The van der Waals surface area contributed by atoms with Gasteiger partial charge in [0.15, 0.2) is 5.82 Å². The second-order valence-corrected chi connectivity index (χ2v) is 5.28. The Morgan fingerprint density at radius 3 is 2.78 bits per heavy atom. The predicted molar refractivity (Wildman–Crippen MR) is 71.4 cm³/mol. The Balaban J connectivity index is 2.28. The molecule has 1 aliphatic heterocycles. The molecule has 1 fully saturated rings. The Morgan fingerprint density at radius 2 is 2.22 bits per heavy atom. The fourth-order valence-electron chi connectivity index (χ4n) is 2.42. The second-order valence-electron chi connectivity index (χ2n) is 5.28. The van der Waals surface area contributed by atoms with E-state index in [9.17, 15) is 0 Å². The van der Waals surface area contributed by atoms with Gasteiger partial charge in [-0.1, -0.05) is 0 Å². The first kappa shape index (κ1) is 13.4. The van der Waals surface area contributed by atoms with Crippen molar-refractivity contribution >= 4 is 0 Å². The van der Waals surface area contributed by atoms with Crippen LogP contribution in [-0.2, 0) is 10.3 Å². The number of nitrogens with one attached hydrogen (secondary N) is 1. The van der Waals surface area contributed by atoms with E-state index in [0.717, 1.165) is 36.5 Å². The lowest BCUT2D eigenvalue weighted by molar-refractivity contribution is -0.0761. The normalized spacial score (nSPS) is 26.0. The topological polar surface area (TPSA) is 47.0 Å². The van der Waals surface area contributed by atoms with E-state index in [1.165, 1.54) is 6.42 Å². The van der Waals surface area contributed by atoms with Crippen LogP contribution in [0, 0.1) is 6.92 Å². The average Bonchev–Trinajstić information content (AvgIpc) is 2.38. The second kappa shape index (κ2) is 5.33. The zero-order valence-electron chi connectivity index (χ0n) is 11.8. The Kier molecular flexibility index (Phi) is 3.97. The molecule has 0 spiro atoms. The smallest absolute Gasteiger partial charge is 0.160 e. The molecule has 1 aromatic heterocycles. The zero-order valence-corrected chi connectivity index (χ0v) is 11.8. The minimum atomic E-state index is -0.301. The predicted octanol–water partition coefficient (Wildman–Crippen LogP) is 2.48. The number of aromatic nitrogens is 2. The third-order valence-electron chi connectivity index (χ3n) is 3.86. The Labute approximate surface area is 109 Å². The highest BCUT2D eigenvalue weighted by molar-refractivity contribution is 5.21. The lowest BCUT2D eigenvalue weighted by Gasteiger charge is -2.32. The molecule has 2 unspecified atom stereocenters. The molecule has 1 aromatic rings. The number of rotatable bonds is 3. The number of hydrogen-bond donors (Lipinski definition) is 1. The van der Waals surface area contributed by atoms with Crippen LogP contribution in [0.2, 0.25) is 0 Å². The molecule has 0 aromatic carbocycles. The van der Waals surface area contributed by atoms with E-state index in [1.54, 1.807) is 0 Å². The maximum absolute atomic E-state index is 5.89. The lowest BCUT2D eigenvalue weighted by atomic mass is 9.94. The van der Waals surface area contributed by atoms with Crippen molar-refractivity contribution in [2.24, 2.45) is 0 Å². The summed E-state index contributed by atoms with van der Waals surface area (Å²) in [5.74, 6) is 0.826. The molecule has 0 bridgehead atoms. The highest BCUT2D eigenvalue weighted by atomic mass is 16.5. The number of hydrogen-bond acceptors (Lipinski definition) is 4. The molecule has 1 saturated heterocycles. The summed E-state index contributed by atoms with van der Waals surface area (Å²) in [6.07, 6.45) is 5.27. The molecule has 2 atom stereocenters. The summed E-state index contributed by atoms with van der Waals surface area (Å²) in [5.41, 5.74) is 1.89. The van der Waals surface area contributed by atoms with E-state index < -0.39 is 0 Å². The monoisotopic (exact) mass is 249 g/mol. The Bertz CT molecular complexity index is 414. The molecule has 0 aliphatic carbocycles. The van der Waals surface area contributed by atoms with E-state index in [2.05, 4.69) is 29.1 Å².